The summed E-state index contributed by atoms with van der Waals surface area (Å²) in [5, 5.41) is 5.12. The summed E-state index contributed by atoms with van der Waals surface area (Å²) in [7, 11) is 0. The highest BCUT2D eigenvalue weighted by molar-refractivity contribution is 7.80. The summed E-state index contributed by atoms with van der Waals surface area (Å²) >= 11 is 5.06. The van der Waals surface area contributed by atoms with Crippen molar-refractivity contribution < 1.29 is 13.6 Å². The quantitative estimate of drug-likeness (QED) is 0.794. The normalized spacial score (nSPS) is 14.0. The summed E-state index contributed by atoms with van der Waals surface area (Å²) in [5.74, 6) is -1.64. The third-order valence-corrected chi connectivity index (χ3v) is 4.45. The van der Waals surface area contributed by atoms with Crippen molar-refractivity contribution in [2.45, 2.75) is 19.3 Å². The van der Waals surface area contributed by atoms with Crippen molar-refractivity contribution in [1.29, 1.82) is 0 Å². The van der Waals surface area contributed by atoms with E-state index in [2.05, 4.69) is 10.6 Å². The predicted molar refractivity (Wildman–Crippen MR) is 103 cm³/mol. The Kier molecular flexibility index (Phi) is 5.78. The van der Waals surface area contributed by atoms with E-state index >= 15 is 0 Å². The smallest absolute Gasteiger partial charge is 0.260 e. The molecular formula is C19H19F2N3OS. The number of carbonyl (C=O) groups is 1. The lowest BCUT2D eigenvalue weighted by atomic mass is 10.1. The van der Waals surface area contributed by atoms with Gasteiger partial charge in [-0.3, -0.25) is 10.1 Å². The van der Waals surface area contributed by atoms with Crippen LogP contribution in [0.3, 0.4) is 0 Å². The van der Waals surface area contributed by atoms with Crippen molar-refractivity contribution in [1.82, 2.24) is 5.32 Å². The molecule has 1 aliphatic heterocycles. The van der Waals surface area contributed by atoms with Crippen LogP contribution >= 0.6 is 12.2 Å². The number of rotatable bonds is 3. The second kappa shape index (κ2) is 8.23. The molecule has 2 aromatic carbocycles. The van der Waals surface area contributed by atoms with Crippen molar-refractivity contribution >= 4 is 34.6 Å². The van der Waals surface area contributed by atoms with E-state index in [9.17, 15) is 13.6 Å². The van der Waals surface area contributed by atoms with Crippen LogP contribution in [0.25, 0.3) is 0 Å². The maximum absolute atomic E-state index is 14.4. The zero-order valence-electron chi connectivity index (χ0n) is 14.1. The van der Waals surface area contributed by atoms with Crippen LogP contribution in [0, 0.1) is 11.6 Å². The van der Waals surface area contributed by atoms with E-state index in [1.165, 1.54) is 30.7 Å². The molecule has 1 saturated heterocycles. The Bertz CT molecular complexity index is 822. The molecule has 4 nitrogen and oxygen atoms in total. The molecular weight excluding hydrogens is 356 g/mol. The van der Waals surface area contributed by atoms with Gasteiger partial charge in [-0.15, -0.1) is 0 Å². The molecule has 1 amide bonds. The van der Waals surface area contributed by atoms with Gasteiger partial charge in [0, 0.05) is 18.8 Å². The van der Waals surface area contributed by atoms with Crippen molar-refractivity contribution in [3.63, 3.8) is 0 Å². The highest BCUT2D eigenvalue weighted by Crippen LogP contribution is 2.25. The first-order valence-electron chi connectivity index (χ1n) is 8.46. The summed E-state index contributed by atoms with van der Waals surface area (Å²) < 4.78 is 28.0. The first kappa shape index (κ1) is 18.3. The van der Waals surface area contributed by atoms with Crippen LogP contribution < -0.4 is 15.5 Å². The molecule has 136 valence electrons. The predicted octanol–water partition coefficient (Wildman–Crippen LogP) is 4.08. The Hall–Kier alpha value is -2.54. The van der Waals surface area contributed by atoms with Crippen molar-refractivity contribution in [2.24, 2.45) is 0 Å². The molecule has 0 unspecified atom stereocenters. The summed E-state index contributed by atoms with van der Waals surface area (Å²) in [4.78, 5) is 14.1. The van der Waals surface area contributed by atoms with Gasteiger partial charge in [0.1, 0.15) is 11.6 Å². The number of hydrogen-bond acceptors (Lipinski definition) is 3. The molecule has 0 spiro atoms. The van der Waals surface area contributed by atoms with E-state index < -0.39 is 11.7 Å². The number of nitrogens with zero attached hydrogens (tertiary/aromatic N) is 1. The molecule has 3 rings (SSSR count). The number of thiocarbonyl (C=S) groups is 1. The maximum Gasteiger partial charge on any atom is 0.260 e. The topological polar surface area (TPSA) is 44.4 Å². The van der Waals surface area contributed by atoms with Crippen molar-refractivity contribution in [3.05, 3.63) is 59.7 Å². The molecule has 0 atom stereocenters. The third-order valence-electron chi connectivity index (χ3n) is 4.25. The van der Waals surface area contributed by atoms with Crippen LogP contribution in [0.15, 0.2) is 42.5 Å². The second-order valence-corrected chi connectivity index (χ2v) is 6.51. The van der Waals surface area contributed by atoms with Gasteiger partial charge >= 0.3 is 0 Å². The van der Waals surface area contributed by atoms with Crippen LogP contribution in [-0.2, 0) is 0 Å². The van der Waals surface area contributed by atoms with Crippen LogP contribution in [-0.4, -0.2) is 24.1 Å². The fourth-order valence-electron chi connectivity index (χ4n) is 2.95. The van der Waals surface area contributed by atoms with Crippen LogP contribution in [0.2, 0.25) is 0 Å². The van der Waals surface area contributed by atoms with Gasteiger partial charge < -0.3 is 10.2 Å². The molecule has 7 heteroatoms. The fourth-order valence-corrected chi connectivity index (χ4v) is 3.16. The first-order valence-corrected chi connectivity index (χ1v) is 8.87. The average molecular weight is 375 g/mol. The number of hydrogen-bond donors (Lipinski definition) is 2. The van der Waals surface area contributed by atoms with Crippen LogP contribution in [0.4, 0.5) is 20.2 Å². The highest BCUT2D eigenvalue weighted by Gasteiger charge is 2.16. The van der Waals surface area contributed by atoms with Gasteiger partial charge in [0.2, 0.25) is 0 Å². The van der Waals surface area contributed by atoms with Gasteiger partial charge in [0.15, 0.2) is 5.11 Å². The van der Waals surface area contributed by atoms with E-state index in [-0.39, 0.29) is 16.5 Å². The number of carbonyl (C=O) groups excluding carboxylic acids is 1. The third kappa shape index (κ3) is 4.35. The van der Waals surface area contributed by atoms with E-state index in [4.69, 9.17) is 12.2 Å². The monoisotopic (exact) mass is 375 g/mol. The van der Waals surface area contributed by atoms with Gasteiger partial charge in [0.05, 0.1) is 11.3 Å². The minimum absolute atomic E-state index is 0.0247. The number of anilines is 2. The number of amides is 1. The van der Waals surface area contributed by atoms with Gasteiger partial charge in [-0.25, -0.2) is 8.78 Å². The van der Waals surface area contributed by atoms with Gasteiger partial charge in [-0.2, -0.15) is 0 Å². The van der Waals surface area contributed by atoms with Crippen LogP contribution in [0.5, 0.6) is 0 Å². The average Bonchev–Trinajstić information content (AvgIpc) is 2.62. The lowest BCUT2D eigenvalue weighted by Gasteiger charge is -2.29. The Morgan fingerprint density at radius 1 is 1.00 bits per heavy atom. The lowest BCUT2D eigenvalue weighted by molar-refractivity contribution is 0.0974. The zero-order valence-corrected chi connectivity index (χ0v) is 14.9. The summed E-state index contributed by atoms with van der Waals surface area (Å²) in [5.41, 5.74) is 0.877. The van der Waals surface area contributed by atoms with Crippen LogP contribution in [0.1, 0.15) is 29.6 Å². The number of nitrogens with one attached hydrogen (secondary N) is 2. The fraction of sp³-hybridized carbons (Fsp3) is 0.263. The minimum Gasteiger partial charge on any atom is -0.369 e. The molecule has 26 heavy (non-hydrogen) atoms. The van der Waals surface area contributed by atoms with E-state index in [1.807, 2.05) is 4.90 Å². The maximum atomic E-state index is 14.4. The summed E-state index contributed by atoms with van der Waals surface area (Å²) in [6.07, 6.45) is 3.30. The van der Waals surface area contributed by atoms with Crippen molar-refractivity contribution in [3.8, 4) is 0 Å². The molecule has 2 N–H and O–H groups in total. The van der Waals surface area contributed by atoms with Gasteiger partial charge in [-0.1, -0.05) is 12.1 Å². The Labute approximate surface area is 156 Å². The van der Waals surface area contributed by atoms with Gasteiger partial charge in [0.25, 0.3) is 5.91 Å². The Balaban J connectivity index is 1.63. The SMILES string of the molecule is O=C(NC(=S)Nc1ccc(N2CCCCC2)c(F)c1)c1ccccc1F. The first-order chi connectivity index (χ1) is 12.5. The number of benzene rings is 2. The Morgan fingerprint density at radius 3 is 2.42 bits per heavy atom. The largest absolute Gasteiger partial charge is 0.369 e. The zero-order chi connectivity index (χ0) is 18.5. The summed E-state index contributed by atoms with van der Waals surface area (Å²) in [6.45, 7) is 1.70. The van der Waals surface area contributed by atoms with E-state index in [0.717, 1.165) is 25.9 Å². The molecule has 1 aliphatic rings. The Morgan fingerprint density at radius 2 is 1.73 bits per heavy atom. The van der Waals surface area contributed by atoms with E-state index in [0.29, 0.717) is 11.4 Å². The lowest BCUT2D eigenvalue weighted by Crippen LogP contribution is -2.34. The molecule has 1 heterocycles. The second-order valence-electron chi connectivity index (χ2n) is 6.10. The van der Waals surface area contributed by atoms with Crippen molar-refractivity contribution in [2.75, 3.05) is 23.3 Å². The molecule has 0 aliphatic carbocycles. The standard InChI is InChI=1S/C19H19F2N3OS/c20-15-7-3-2-6-14(15)18(25)23-19(26)22-13-8-9-17(16(21)12-13)24-10-4-1-5-11-24/h2-3,6-9,12H,1,4-5,10-11H2,(H2,22,23,25,26). The highest BCUT2D eigenvalue weighted by atomic mass is 32.1. The molecule has 0 radical (unpaired) electrons. The molecule has 2 aromatic rings. The molecule has 0 bridgehead atoms. The van der Waals surface area contributed by atoms with Gasteiger partial charge in [-0.05, 0) is 61.8 Å². The molecule has 1 fully saturated rings. The summed E-state index contributed by atoms with van der Waals surface area (Å²) in [6, 6.07) is 10.4. The number of piperidine rings is 1. The minimum atomic E-state index is -0.661. The molecule has 0 aromatic heterocycles. The molecule has 0 saturated carbocycles. The number of halogens is 2. The van der Waals surface area contributed by atoms with E-state index in [1.54, 1.807) is 18.2 Å².